The molecule has 4 nitrogen and oxygen atoms in total. The molecule has 32 heavy (non-hydrogen) atoms. The van der Waals surface area contributed by atoms with Crippen LogP contribution in [0.2, 0.25) is 0 Å². The van der Waals surface area contributed by atoms with Crippen LogP contribution in [0.3, 0.4) is 0 Å². The molecule has 0 aromatic carbocycles. The second kappa shape index (κ2) is 7.09. The van der Waals surface area contributed by atoms with E-state index in [1.165, 1.54) is 44.9 Å². The number of hydrogen-bond donors (Lipinski definition) is 0. The van der Waals surface area contributed by atoms with Gasteiger partial charge in [-0.25, -0.2) is 0 Å². The van der Waals surface area contributed by atoms with Gasteiger partial charge in [0.25, 0.3) is 0 Å². The zero-order chi connectivity index (χ0) is 21.6. The standard InChI is InChI=1S/C28H38O4/c1-28(20-8-15-7-16(10-20)11-21(28)9-15)32-24(29)3-2-6-31-27(30)23-14-19-13-22(23)26-18-5-4-17(12-18)25(19)26/h4-5,15-23,25-26H,2-3,6-14H2,1H3. The third kappa shape index (κ3) is 2.86. The molecule has 8 rings (SSSR count). The summed E-state index contributed by atoms with van der Waals surface area (Å²) in [6.07, 6.45) is 15.8. The molecular formula is C28H38O4. The molecule has 8 bridgehead atoms. The highest BCUT2D eigenvalue weighted by molar-refractivity contribution is 5.74. The molecule has 0 spiro atoms. The van der Waals surface area contributed by atoms with Gasteiger partial charge in [0, 0.05) is 6.42 Å². The molecule has 7 fully saturated rings. The fourth-order valence-corrected chi connectivity index (χ4v) is 10.4. The number of esters is 2. The van der Waals surface area contributed by atoms with Gasteiger partial charge in [-0.15, -0.1) is 0 Å². The maximum atomic E-state index is 12.9. The monoisotopic (exact) mass is 438 g/mol. The van der Waals surface area contributed by atoms with E-state index in [1.807, 2.05) is 0 Å². The van der Waals surface area contributed by atoms with E-state index >= 15 is 0 Å². The van der Waals surface area contributed by atoms with Gasteiger partial charge in [-0.2, -0.15) is 0 Å². The van der Waals surface area contributed by atoms with Gasteiger partial charge in [0.2, 0.25) is 0 Å². The minimum atomic E-state index is -0.254. The first-order valence-corrected chi connectivity index (χ1v) is 13.6. The van der Waals surface area contributed by atoms with Gasteiger partial charge >= 0.3 is 11.9 Å². The van der Waals surface area contributed by atoms with E-state index in [-0.39, 0.29) is 23.5 Å². The Balaban J connectivity index is 0.884. The first-order chi connectivity index (χ1) is 15.5. The van der Waals surface area contributed by atoms with Gasteiger partial charge in [-0.3, -0.25) is 9.59 Å². The Kier molecular flexibility index (Phi) is 4.45. The first-order valence-electron chi connectivity index (χ1n) is 13.6. The summed E-state index contributed by atoms with van der Waals surface area (Å²) < 4.78 is 11.9. The molecule has 4 heteroatoms. The van der Waals surface area contributed by atoms with Crippen molar-refractivity contribution in [3.63, 3.8) is 0 Å². The largest absolute Gasteiger partial charge is 0.465 e. The summed E-state index contributed by atoms with van der Waals surface area (Å²) in [5, 5.41) is 0. The summed E-state index contributed by atoms with van der Waals surface area (Å²) in [6.45, 7) is 2.56. The number of fused-ring (bicyclic) bond motifs is 9. The van der Waals surface area contributed by atoms with Crippen molar-refractivity contribution >= 4 is 11.9 Å². The predicted octanol–water partition coefficient (Wildman–Crippen LogP) is 5.16. The normalized spacial score (nSPS) is 53.1. The van der Waals surface area contributed by atoms with Gasteiger partial charge in [0.05, 0.1) is 12.5 Å². The van der Waals surface area contributed by atoms with Crippen LogP contribution < -0.4 is 0 Å². The Morgan fingerprint density at radius 2 is 1.56 bits per heavy atom. The van der Waals surface area contributed by atoms with Crippen LogP contribution in [0.15, 0.2) is 12.2 Å². The molecular weight excluding hydrogens is 400 g/mol. The topological polar surface area (TPSA) is 52.6 Å². The van der Waals surface area contributed by atoms with E-state index < -0.39 is 0 Å². The second-order valence-corrected chi connectivity index (χ2v) is 12.8. The number of allylic oxidation sites excluding steroid dienone is 2. The molecule has 0 saturated heterocycles. The number of hydrogen-bond acceptors (Lipinski definition) is 4. The zero-order valence-electron chi connectivity index (χ0n) is 19.4. The predicted molar refractivity (Wildman–Crippen MR) is 119 cm³/mol. The van der Waals surface area contributed by atoms with Crippen LogP contribution >= 0.6 is 0 Å². The summed E-state index contributed by atoms with van der Waals surface area (Å²) in [5.41, 5.74) is -0.254. The van der Waals surface area contributed by atoms with Crippen LogP contribution in [-0.2, 0) is 19.1 Å². The maximum absolute atomic E-state index is 12.9. The molecule has 7 unspecified atom stereocenters. The molecule has 174 valence electrons. The zero-order valence-corrected chi connectivity index (χ0v) is 19.4. The Labute approximate surface area is 191 Å². The van der Waals surface area contributed by atoms with Crippen molar-refractivity contribution < 1.29 is 19.1 Å². The molecule has 0 heterocycles. The van der Waals surface area contributed by atoms with Gasteiger partial charge < -0.3 is 9.47 Å². The molecule has 0 N–H and O–H groups in total. The van der Waals surface area contributed by atoms with Crippen LogP contribution in [0.4, 0.5) is 0 Å². The molecule has 8 aliphatic rings. The Morgan fingerprint density at radius 1 is 0.875 bits per heavy atom. The van der Waals surface area contributed by atoms with E-state index in [2.05, 4.69) is 19.1 Å². The van der Waals surface area contributed by atoms with Gasteiger partial charge in [-0.05, 0) is 124 Å². The van der Waals surface area contributed by atoms with E-state index in [9.17, 15) is 9.59 Å². The molecule has 7 atom stereocenters. The van der Waals surface area contributed by atoms with Crippen molar-refractivity contribution in [2.75, 3.05) is 6.61 Å². The number of carbonyl (C=O) groups excluding carboxylic acids is 2. The van der Waals surface area contributed by atoms with Crippen LogP contribution in [0.1, 0.15) is 71.1 Å². The average Bonchev–Trinajstić information content (AvgIpc) is 3.54. The summed E-state index contributed by atoms with van der Waals surface area (Å²) in [6, 6.07) is 0. The van der Waals surface area contributed by atoms with Crippen molar-refractivity contribution in [1.82, 2.24) is 0 Å². The lowest BCUT2D eigenvalue weighted by atomic mass is 9.50. The van der Waals surface area contributed by atoms with Gasteiger partial charge in [0.15, 0.2) is 0 Å². The van der Waals surface area contributed by atoms with Crippen LogP contribution in [0, 0.1) is 65.1 Å². The quantitative estimate of drug-likeness (QED) is 0.249. The van der Waals surface area contributed by atoms with Crippen LogP contribution in [0.25, 0.3) is 0 Å². The maximum Gasteiger partial charge on any atom is 0.309 e. The van der Waals surface area contributed by atoms with Crippen molar-refractivity contribution in [2.45, 2.75) is 76.7 Å². The number of rotatable bonds is 6. The van der Waals surface area contributed by atoms with E-state index in [0.717, 1.165) is 47.8 Å². The van der Waals surface area contributed by atoms with Crippen molar-refractivity contribution in [1.29, 1.82) is 0 Å². The Bertz CT molecular complexity index is 816. The highest BCUT2D eigenvalue weighted by Crippen LogP contribution is 2.67. The minimum absolute atomic E-state index is 0.00377. The highest BCUT2D eigenvalue weighted by Gasteiger charge is 2.62. The van der Waals surface area contributed by atoms with Gasteiger partial charge in [0.1, 0.15) is 5.60 Å². The van der Waals surface area contributed by atoms with Gasteiger partial charge in [-0.1, -0.05) is 12.2 Å². The number of carbonyl (C=O) groups is 2. The molecule has 0 aliphatic heterocycles. The Hall–Kier alpha value is -1.32. The third-order valence-electron chi connectivity index (χ3n) is 11.4. The smallest absolute Gasteiger partial charge is 0.309 e. The first kappa shape index (κ1) is 20.1. The van der Waals surface area contributed by atoms with Crippen molar-refractivity contribution in [3.05, 3.63) is 12.2 Å². The Morgan fingerprint density at radius 3 is 2.28 bits per heavy atom. The molecule has 0 amide bonds. The van der Waals surface area contributed by atoms with Crippen molar-refractivity contribution in [2.24, 2.45) is 65.1 Å². The summed E-state index contributed by atoms with van der Waals surface area (Å²) in [7, 11) is 0. The lowest BCUT2D eigenvalue weighted by molar-refractivity contribution is -0.203. The molecule has 7 saturated carbocycles. The molecule has 0 radical (unpaired) electrons. The fourth-order valence-electron chi connectivity index (χ4n) is 10.4. The molecule has 0 aromatic rings. The second-order valence-electron chi connectivity index (χ2n) is 12.8. The lowest BCUT2D eigenvalue weighted by Crippen LogP contribution is -2.58. The minimum Gasteiger partial charge on any atom is -0.465 e. The van der Waals surface area contributed by atoms with E-state index in [4.69, 9.17) is 9.47 Å². The van der Waals surface area contributed by atoms with Crippen LogP contribution in [0.5, 0.6) is 0 Å². The summed E-state index contributed by atoms with van der Waals surface area (Å²) in [5.74, 6) is 7.25. The molecule has 0 aromatic heterocycles. The summed E-state index contributed by atoms with van der Waals surface area (Å²) >= 11 is 0. The SMILES string of the molecule is CC1(OC(=O)CCCOC(=O)C2CC3CC2C2C4C=CC(C4)C32)C2CC3CC(C2)CC1C3. The van der Waals surface area contributed by atoms with Crippen LogP contribution in [-0.4, -0.2) is 24.1 Å². The average molecular weight is 439 g/mol. The fraction of sp³-hybridized carbons (Fsp3) is 0.857. The highest BCUT2D eigenvalue weighted by atomic mass is 16.6. The lowest BCUT2D eigenvalue weighted by Gasteiger charge is -2.59. The van der Waals surface area contributed by atoms with Crippen molar-refractivity contribution in [3.8, 4) is 0 Å². The number of ether oxygens (including phenoxy) is 2. The molecule has 8 aliphatic carbocycles. The third-order valence-corrected chi connectivity index (χ3v) is 11.4. The van der Waals surface area contributed by atoms with E-state index in [0.29, 0.717) is 37.2 Å². The van der Waals surface area contributed by atoms with E-state index in [1.54, 1.807) is 0 Å². The summed E-state index contributed by atoms with van der Waals surface area (Å²) in [4.78, 5) is 25.5.